The van der Waals surface area contributed by atoms with Gasteiger partial charge >= 0.3 is 12.2 Å². The van der Waals surface area contributed by atoms with Gasteiger partial charge in [0.15, 0.2) is 6.61 Å². The molecule has 5 fully saturated rings. The van der Waals surface area contributed by atoms with E-state index in [1.807, 2.05) is 13.8 Å². The SMILES string of the molecule is CC[C@@H](C)Nc1nc(OCC(F)(F)F)nc(N2CCN(C34CC5CC(CC(C5)C3)C4)CC2)n1. The number of hydrogen-bond donors (Lipinski definition) is 1. The summed E-state index contributed by atoms with van der Waals surface area (Å²) in [4.78, 5) is 17.6. The molecular formula is C23H35F3N6O. The summed E-state index contributed by atoms with van der Waals surface area (Å²) in [7, 11) is 0. The Balaban J connectivity index is 1.28. The van der Waals surface area contributed by atoms with Gasteiger partial charge in [0.1, 0.15) is 0 Å². The van der Waals surface area contributed by atoms with Gasteiger partial charge < -0.3 is 15.0 Å². The van der Waals surface area contributed by atoms with Crippen LogP contribution in [0.25, 0.3) is 0 Å². The number of anilines is 2. The first-order chi connectivity index (χ1) is 15.7. The molecule has 1 aromatic rings. The Morgan fingerprint density at radius 1 is 1.00 bits per heavy atom. The summed E-state index contributed by atoms with van der Waals surface area (Å²) in [6.07, 6.45) is 4.68. The van der Waals surface area contributed by atoms with Crippen LogP contribution in [0.2, 0.25) is 0 Å². The summed E-state index contributed by atoms with van der Waals surface area (Å²) < 4.78 is 42.9. The molecule has 6 rings (SSSR count). The fraction of sp³-hybridized carbons (Fsp3) is 0.870. The van der Waals surface area contributed by atoms with Gasteiger partial charge in [-0.25, -0.2) is 0 Å². The van der Waals surface area contributed by atoms with Gasteiger partial charge in [0.25, 0.3) is 0 Å². The van der Waals surface area contributed by atoms with Gasteiger partial charge in [-0.3, -0.25) is 4.90 Å². The van der Waals surface area contributed by atoms with Gasteiger partial charge in [0.2, 0.25) is 11.9 Å². The van der Waals surface area contributed by atoms with Crippen molar-refractivity contribution in [1.29, 1.82) is 0 Å². The smallest absolute Gasteiger partial charge is 0.422 e. The monoisotopic (exact) mass is 468 g/mol. The highest BCUT2D eigenvalue weighted by Crippen LogP contribution is 2.57. The second-order valence-electron chi connectivity index (χ2n) is 10.7. The lowest BCUT2D eigenvalue weighted by molar-refractivity contribution is -0.154. The minimum atomic E-state index is -4.44. The van der Waals surface area contributed by atoms with E-state index in [1.165, 1.54) is 38.5 Å². The average Bonchev–Trinajstić information content (AvgIpc) is 2.76. The molecular weight excluding hydrogens is 433 g/mol. The van der Waals surface area contributed by atoms with E-state index in [4.69, 9.17) is 4.74 Å². The van der Waals surface area contributed by atoms with Gasteiger partial charge in [-0.05, 0) is 69.6 Å². The van der Waals surface area contributed by atoms with E-state index in [2.05, 4.69) is 30.1 Å². The first-order valence-corrected chi connectivity index (χ1v) is 12.4. The highest BCUT2D eigenvalue weighted by atomic mass is 19.4. The molecule has 33 heavy (non-hydrogen) atoms. The third-order valence-electron chi connectivity index (χ3n) is 8.20. The van der Waals surface area contributed by atoms with Crippen molar-refractivity contribution in [3.8, 4) is 6.01 Å². The molecule has 4 aliphatic carbocycles. The molecule has 4 bridgehead atoms. The van der Waals surface area contributed by atoms with Gasteiger partial charge in [0.05, 0.1) is 0 Å². The molecule has 1 atom stereocenters. The molecule has 4 saturated carbocycles. The van der Waals surface area contributed by atoms with Crippen molar-refractivity contribution < 1.29 is 17.9 Å². The summed E-state index contributed by atoms with van der Waals surface area (Å²) in [5.41, 5.74) is 0.365. The van der Waals surface area contributed by atoms with Crippen LogP contribution in [-0.4, -0.2) is 70.4 Å². The maximum Gasteiger partial charge on any atom is 0.422 e. The van der Waals surface area contributed by atoms with Crippen LogP contribution in [0.4, 0.5) is 25.1 Å². The van der Waals surface area contributed by atoms with E-state index >= 15 is 0 Å². The van der Waals surface area contributed by atoms with E-state index < -0.39 is 12.8 Å². The van der Waals surface area contributed by atoms with Crippen molar-refractivity contribution in [3.63, 3.8) is 0 Å². The largest absolute Gasteiger partial charge is 0.454 e. The molecule has 1 aromatic heterocycles. The van der Waals surface area contributed by atoms with Crippen LogP contribution >= 0.6 is 0 Å². The Morgan fingerprint density at radius 2 is 1.61 bits per heavy atom. The Hall–Kier alpha value is -1.84. The molecule has 0 unspecified atom stereocenters. The van der Waals surface area contributed by atoms with Crippen LogP contribution in [0.1, 0.15) is 58.8 Å². The number of aromatic nitrogens is 3. The van der Waals surface area contributed by atoms with Crippen molar-refractivity contribution in [1.82, 2.24) is 19.9 Å². The quantitative estimate of drug-likeness (QED) is 0.646. The minimum Gasteiger partial charge on any atom is -0.454 e. The van der Waals surface area contributed by atoms with Crippen LogP contribution in [-0.2, 0) is 0 Å². The topological polar surface area (TPSA) is 66.4 Å². The van der Waals surface area contributed by atoms with Crippen molar-refractivity contribution in [3.05, 3.63) is 0 Å². The first kappa shape index (κ1) is 22.9. The second kappa shape index (κ2) is 8.74. The summed E-state index contributed by atoms with van der Waals surface area (Å²) in [6.45, 7) is 5.96. The summed E-state index contributed by atoms with van der Waals surface area (Å²) in [5.74, 6) is 3.36. The summed E-state index contributed by atoms with van der Waals surface area (Å²) in [6, 6.07) is -0.199. The minimum absolute atomic E-state index is 0.0867. The predicted octanol–water partition coefficient (Wildman–Crippen LogP) is 4.11. The van der Waals surface area contributed by atoms with E-state index in [9.17, 15) is 13.2 Å². The number of piperazine rings is 1. The Bertz CT molecular complexity index is 807. The van der Waals surface area contributed by atoms with E-state index in [-0.39, 0.29) is 18.0 Å². The number of rotatable bonds is 7. The molecule has 5 aliphatic rings. The molecule has 184 valence electrons. The van der Waals surface area contributed by atoms with E-state index in [0.717, 1.165) is 50.4 Å². The van der Waals surface area contributed by atoms with Gasteiger partial charge in [-0.15, -0.1) is 0 Å². The third kappa shape index (κ3) is 5.00. The number of nitrogens with one attached hydrogen (secondary N) is 1. The number of nitrogens with zero attached hydrogens (tertiary/aromatic N) is 5. The molecule has 0 radical (unpaired) electrons. The zero-order valence-corrected chi connectivity index (χ0v) is 19.6. The lowest BCUT2D eigenvalue weighted by Gasteiger charge is -2.61. The Labute approximate surface area is 193 Å². The Morgan fingerprint density at radius 3 is 2.15 bits per heavy atom. The normalized spacial score (nSPS) is 32.8. The second-order valence-corrected chi connectivity index (χ2v) is 10.7. The summed E-state index contributed by atoms with van der Waals surface area (Å²) >= 11 is 0. The lowest BCUT2D eigenvalue weighted by Crippen LogP contribution is -2.64. The fourth-order valence-electron chi connectivity index (χ4n) is 6.92. The van der Waals surface area contributed by atoms with Crippen LogP contribution in [0, 0.1) is 17.8 Å². The molecule has 0 aromatic carbocycles. The number of ether oxygens (including phenoxy) is 1. The number of halogens is 3. The van der Waals surface area contributed by atoms with Crippen molar-refractivity contribution in [2.45, 2.75) is 76.6 Å². The number of alkyl halides is 3. The van der Waals surface area contributed by atoms with E-state index in [1.54, 1.807) is 0 Å². The molecule has 7 nitrogen and oxygen atoms in total. The summed E-state index contributed by atoms with van der Waals surface area (Å²) in [5, 5.41) is 3.15. The third-order valence-corrected chi connectivity index (χ3v) is 8.20. The van der Waals surface area contributed by atoms with Gasteiger partial charge in [-0.2, -0.15) is 28.1 Å². The maximum atomic E-state index is 12.7. The van der Waals surface area contributed by atoms with E-state index in [0.29, 0.717) is 11.5 Å². The number of hydrogen-bond acceptors (Lipinski definition) is 7. The molecule has 1 N–H and O–H groups in total. The molecule has 0 spiro atoms. The molecule has 1 saturated heterocycles. The average molecular weight is 469 g/mol. The fourth-order valence-corrected chi connectivity index (χ4v) is 6.92. The molecule has 1 aliphatic heterocycles. The molecule has 2 heterocycles. The highest BCUT2D eigenvalue weighted by Gasteiger charge is 2.53. The van der Waals surface area contributed by atoms with Crippen LogP contribution in [0.3, 0.4) is 0 Å². The van der Waals surface area contributed by atoms with Crippen LogP contribution < -0.4 is 15.0 Å². The van der Waals surface area contributed by atoms with Gasteiger partial charge in [-0.1, -0.05) is 6.92 Å². The van der Waals surface area contributed by atoms with Crippen molar-refractivity contribution >= 4 is 11.9 Å². The van der Waals surface area contributed by atoms with Crippen molar-refractivity contribution in [2.75, 3.05) is 43.0 Å². The highest BCUT2D eigenvalue weighted by molar-refractivity contribution is 5.39. The van der Waals surface area contributed by atoms with Crippen molar-refractivity contribution in [2.24, 2.45) is 17.8 Å². The maximum absolute atomic E-state index is 12.7. The zero-order valence-electron chi connectivity index (χ0n) is 19.6. The lowest BCUT2D eigenvalue weighted by atomic mass is 9.52. The van der Waals surface area contributed by atoms with Crippen LogP contribution in [0.15, 0.2) is 0 Å². The zero-order chi connectivity index (χ0) is 23.2. The molecule has 0 amide bonds. The first-order valence-electron chi connectivity index (χ1n) is 12.4. The molecule has 10 heteroatoms. The van der Waals surface area contributed by atoms with Crippen LogP contribution in [0.5, 0.6) is 6.01 Å². The standard InChI is InChI=1S/C23H35F3N6O/c1-3-15(2)27-19-28-20(30-21(29-19)33-14-23(24,25)26)31-4-6-32(7-5-31)22-11-16-8-17(12-22)10-18(9-16)13-22/h15-18H,3-14H2,1-2H3,(H,27,28,29,30)/t15-,16?,17?,18?,22?/m1/s1. The predicted molar refractivity (Wildman–Crippen MR) is 119 cm³/mol. The Kier molecular flexibility index (Phi) is 6.07. The van der Waals surface area contributed by atoms with Gasteiger partial charge in [0, 0.05) is 37.8 Å².